The Balaban J connectivity index is 1.99. The monoisotopic (exact) mass is 370 g/mol. The Hall–Kier alpha value is -3.25. The first kappa shape index (κ1) is 20.1. The second-order valence-corrected chi connectivity index (χ2v) is 5.59. The highest BCUT2D eigenvalue weighted by atomic mass is 19.1. The first-order chi connectivity index (χ1) is 12.9. The normalized spacial score (nSPS) is 10.6. The second-order valence-electron chi connectivity index (χ2n) is 5.59. The van der Waals surface area contributed by atoms with E-state index >= 15 is 0 Å². The van der Waals surface area contributed by atoms with Gasteiger partial charge < -0.3 is 14.2 Å². The predicted octanol–water partition coefficient (Wildman–Crippen LogP) is 4.03. The lowest BCUT2D eigenvalue weighted by molar-refractivity contribution is -0.132. The van der Waals surface area contributed by atoms with Gasteiger partial charge in [0.1, 0.15) is 17.3 Å². The van der Waals surface area contributed by atoms with Crippen molar-refractivity contribution in [1.29, 1.82) is 0 Å². The van der Waals surface area contributed by atoms with Crippen molar-refractivity contribution in [2.24, 2.45) is 0 Å². The number of benzene rings is 2. The molecule has 0 aliphatic carbocycles. The molecule has 27 heavy (non-hydrogen) atoms. The van der Waals surface area contributed by atoms with Gasteiger partial charge in [-0.1, -0.05) is 18.7 Å². The van der Waals surface area contributed by atoms with Crippen LogP contribution in [0.1, 0.15) is 18.1 Å². The minimum absolute atomic E-state index is 0.242. The number of methoxy groups -OCH3 is 1. The highest BCUT2D eigenvalue weighted by molar-refractivity contribution is 5.88. The molecule has 2 aromatic carbocycles. The van der Waals surface area contributed by atoms with E-state index in [1.807, 2.05) is 0 Å². The molecule has 0 spiro atoms. The zero-order valence-corrected chi connectivity index (χ0v) is 15.0. The molecule has 0 heterocycles. The molecule has 0 fully saturated rings. The summed E-state index contributed by atoms with van der Waals surface area (Å²) in [6.45, 7) is 5.41. The molecule has 5 nitrogen and oxygen atoms in total. The molecule has 0 saturated carbocycles. The maximum Gasteiger partial charge on any atom is 0.336 e. The summed E-state index contributed by atoms with van der Waals surface area (Å²) in [5.41, 5.74) is 1.52. The van der Waals surface area contributed by atoms with Crippen molar-refractivity contribution in [2.45, 2.75) is 6.92 Å². The molecule has 2 aromatic rings. The summed E-state index contributed by atoms with van der Waals surface area (Å²) in [6, 6.07) is 10.5. The number of rotatable bonds is 7. The fraction of sp³-hybridized carbons (Fsp3) is 0.143. The van der Waals surface area contributed by atoms with Crippen molar-refractivity contribution >= 4 is 23.6 Å². The standard InChI is InChI=1S/C21H19FO5/c1-14(13-25-3)17-5-4-16(20(22)12-17)6-11-21(24)27-19-9-7-18(8-10-19)26-15(2)23/h4-12H,1,13H2,2-3H3/b11-6+. The van der Waals surface area contributed by atoms with Gasteiger partial charge in [-0.25, -0.2) is 9.18 Å². The number of hydrogen-bond acceptors (Lipinski definition) is 5. The van der Waals surface area contributed by atoms with E-state index in [9.17, 15) is 14.0 Å². The van der Waals surface area contributed by atoms with Crippen molar-refractivity contribution in [2.75, 3.05) is 13.7 Å². The maximum atomic E-state index is 14.1. The topological polar surface area (TPSA) is 61.8 Å². The molecular formula is C21H19FO5. The largest absolute Gasteiger partial charge is 0.427 e. The van der Waals surface area contributed by atoms with Crippen molar-refractivity contribution in [3.63, 3.8) is 0 Å². The Kier molecular flexibility index (Phi) is 7.02. The third-order valence-electron chi connectivity index (χ3n) is 3.43. The zero-order chi connectivity index (χ0) is 19.8. The summed E-state index contributed by atoms with van der Waals surface area (Å²) < 4.78 is 29.1. The number of esters is 2. The van der Waals surface area contributed by atoms with Gasteiger partial charge in [0, 0.05) is 25.7 Å². The van der Waals surface area contributed by atoms with Crippen molar-refractivity contribution in [3.05, 3.63) is 72.1 Å². The van der Waals surface area contributed by atoms with Crippen LogP contribution in [0.4, 0.5) is 4.39 Å². The Labute approximate surface area is 156 Å². The highest BCUT2D eigenvalue weighted by Crippen LogP contribution is 2.20. The molecule has 0 aromatic heterocycles. The van der Waals surface area contributed by atoms with Crippen molar-refractivity contribution < 1.29 is 28.2 Å². The van der Waals surface area contributed by atoms with Gasteiger partial charge in [-0.05, 0) is 47.5 Å². The average Bonchev–Trinajstić information content (AvgIpc) is 2.62. The van der Waals surface area contributed by atoms with Crippen LogP contribution in [0.2, 0.25) is 0 Å². The fourth-order valence-corrected chi connectivity index (χ4v) is 2.19. The van der Waals surface area contributed by atoms with E-state index in [1.54, 1.807) is 12.1 Å². The molecule has 0 radical (unpaired) electrons. The summed E-state index contributed by atoms with van der Waals surface area (Å²) in [5.74, 6) is -0.981. The van der Waals surface area contributed by atoms with E-state index in [0.29, 0.717) is 23.5 Å². The van der Waals surface area contributed by atoms with Crippen LogP contribution in [0, 0.1) is 5.82 Å². The number of halogens is 1. The Bertz CT molecular complexity index is 869. The van der Waals surface area contributed by atoms with E-state index in [-0.39, 0.29) is 11.3 Å². The SMILES string of the molecule is C=C(COC)c1ccc(/C=C/C(=O)Oc2ccc(OC(C)=O)cc2)c(F)c1. The predicted molar refractivity (Wildman–Crippen MR) is 99.7 cm³/mol. The van der Waals surface area contributed by atoms with Crippen LogP contribution >= 0.6 is 0 Å². The van der Waals surface area contributed by atoms with Gasteiger partial charge >= 0.3 is 11.9 Å². The molecule has 0 aliphatic heterocycles. The van der Waals surface area contributed by atoms with Crippen LogP contribution in [-0.2, 0) is 14.3 Å². The van der Waals surface area contributed by atoms with Gasteiger partial charge in [0.15, 0.2) is 0 Å². The summed E-state index contributed by atoms with van der Waals surface area (Å²) in [6.07, 6.45) is 2.45. The van der Waals surface area contributed by atoms with Crippen LogP contribution < -0.4 is 9.47 Å². The quantitative estimate of drug-likeness (QED) is 0.418. The summed E-state index contributed by atoms with van der Waals surface area (Å²) >= 11 is 0. The lowest BCUT2D eigenvalue weighted by atomic mass is 10.1. The van der Waals surface area contributed by atoms with Crippen LogP contribution in [0.3, 0.4) is 0 Å². The molecule has 6 heteroatoms. The summed E-state index contributed by atoms with van der Waals surface area (Å²) in [7, 11) is 1.54. The second kappa shape index (κ2) is 9.45. The first-order valence-corrected chi connectivity index (χ1v) is 8.04. The van der Waals surface area contributed by atoms with Crippen LogP contribution in [0.25, 0.3) is 11.6 Å². The third-order valence-corrected chi connectivity index (χ3v) is 3.43. The number of carbonyl (C=O) groups is 2. The molecule has 0 atom stereocenters. The molecule has 0 unspecified atom stereocenters. The average molecular weight is 370 g/mol. The summed E-state index contributed by atoms with van der Waals surface area (Å²) in [4.78, 5) is 22.7. The number of carbonyl (C=O) groups excluding carboxylic acids is 2. The van der Waals surface area contributed by atoms with E-state index in [4.69, 9.17) is 14.2 Å². The van der Waals surface area contributed by atoms with Gasteiger partial charge in [-0.3, -0.25) is 4.79 Å². The van der Waals surface area contributed by atoms with Gasteiger partial charge in [0.2, 0.25) is 0 Å². The molecule has 0 saturated heterocycles. The summed E-state index contributed by atoms with van der Waals surface area (Å²) in [5, 5.41) is 0. The van der Waals surface area contributed by atoms with Gasteiger partial charge in [0.25, 0.3) is 0 Å². The van der Waals surface area contributed by atoms with E-state index < -0.39 is 17.8 Å². The smallest absolute Gasteiger partial charge is 0.336 e. The van der Waals surface area contributed by atoms with Crippen LogP contribution in [0.5, 0.6) is 11.5 Å². The van der Waals surface area contributed by atoms with Crippen molar-refractivity contribution in [3.8, 4) is 11.5 Å². The lowest BCUT2D eigenvalue weighted by Gasteiger charge is -2.06. The molecule has 2 rings (SSSR count). The molecule has 0 amide bonds. The number of hydrogen-bond donors (Lipinski definition) is 0. The third kappa shape index (κ3) is 6.20. The molecule has 140 valence electrons. The highest BCUT2D eigenvalue weighted by Gasteiger charge is 2.06. The van der Waals surface area contributed by atoms with E-state index in [2.05, 4.69) is 6.58 Å². The molecular weight excluding hydrogens is 351 g/mol. The molecule has 0 N–H and O–H groups in total. The minimum atomic E-state index is -0.664. The molecule has 0 bridgehead atoms. The van der Waals surface area contributed by atoms with E-state index in [1.165, 1.54) is 50.4 Å². The lowest BCUT2D eigenvalue weighted by Crippen LogP contribution is -2.04. The minimum Gasteiger partial charge on any atom is -0.427 e. The zero-order valence-electron chi connectivity index (χ0n) is 15.0. The van der Waals surface area contributed by atoms with Gasteiger partial charge in [-0.15, -0.1) is 0 Å². The van der Waals surface area contributed by atoms with Crippen molar-refractivity contribution in [1.82, 2.24) is 0 Å². The maximum absolute atomic E-state index is 14.1. The Morgan fingerprint density at radius 1 is 1.07 bits per heavy atom. The van der Waals surface area contributed by atoms with E-state index in [0.717, 1.165) is 6.08 Å². The first-order valence-electron chi connectivity index (χ1n) is 8.04. The Morgan fingerprint density at radius 2 is 1.70 bits per heavy atom. The Morgan fingerprint density at radius 3 is 2.26 bits per heavy atom. The van der Waals surface area contributed by atoms with Crippen LogP contribution in [0.15, 0.2) is 55.1 Å². The molecule has 0 aliphatic rings. The van der Waals surface area contributed by atoms with Crippen LogP contribution in [-0.4, -0.2) is 25.7 Å². The van der Waals surface area contributed by atoms with Gasteiger partial charge in [-0.2, -0.15) is 0 Å². The number of ether oxygens (including phenoxy) is 3. The fourth-order valence-electron chi connectivity index (χ4n) is 2.19. The van der Waals surface area contributed by atoms with Gasteiger partial charge in [0.05, 0.1) is 6.61 Å².